The Hall–Kier alpha value is -1.89. The number of hydrogen-bond donors (Lipinski definition) is 2. The van der Waals surface area contributed by atoms with E-state index in [1.165, 1.54) is 25.3 Å². The van der Waals surface area contributed by atoms with Crippen molar-refractivity contribution < 1.29 is 23.0 Å². The van der Waals surface area contributed by atoms with Gasteiger partial charge >= 0.3 is 6.61 Å². The molecule has 1 fully saturated rings. The van der Waals surface area contributed by atoms with Crippen LogP contribution in [-0.2, 0) is 4.79 Å². The van der Waals surface area contributed by atoms with E-state index in [2.05, 4.69) is 15.4 Å². The van der Waals surface area contributed by atoms with Crippen LogP contribution in [0, 0.1) is 11.8 Å². The van der Waals surface area contributed by atoms with E-state index in [9.17, 15) is 13.6 Å². The second-order valence-electron chi connectivity index (χ2n) is 6.08. The maximum Gasteiger partial charge on any atom is 0.387 e. The minimum Gasteiger partial charge on any atom is -0.497 e. The van der Waals surface area contributed by atoms with Crippen molar-refractivity contribution in [3.05, 3.63) is 18.2 Å². The largest absolute Gasteiger partial charge is 0.497 e. The maximum atomic E-state index is 12.5. The van der Waals surface area contributed by atoms with Gasteiger partial charge in [-0.05, 0) is 49.9 Å². The number of ether oxygens (including phenoxy) is 2. The lowest BCUT2D eigenvalue weighted by molar-refractivity contribution is -0.117. The number of anilines is 1. The van der Waals surface area contributed by atoms with Crippen molar-refractivity contribution in [3.63, 3.8) is 0 Å². The molecule has 1 aromatic carbocycles. The van der Waals surface area contributed by atoms with Crippen LogP contribution in [0.4, 0.5) is 14.5 Å². The Morgan fingerprint density at radius 1 is 1.46 bits per heavy atom. The summed E-state index contributed by atoms with van der Waals surface area (Å²) >= 11 is 0. The van der Waals surface area contributed by atoms with Crippen molar-refractivity contribution in [2.24, 2.45) is 11.8 Å². The minimum atomic E-state index is -2.96. The fourth-order valence-electron chi connectivity index (χ4n) is 2.96. The molecule has 7 heteroatoms. The molecule has 5 nitrogen and oxygen atoms in total. The molecule has 2 rings (SSSR count). The fraction of sp³-hybridized carbons (Fsp3) is 0.588. The molecular formula is C17H24F2N2O3. The summed E-state index contributed by atoms with van der Waals surface area (Å²) < 4.78 is 34.5. The zero-order chi connectivity index (χ0) is 17.5. The summed E-state index contributed by atoms with van der Waals surface area (Å²) in [4.78, 5) is 12.3. The van der Waals surface area contributed by atoms with Gasteiger partial charge in [0.1, 0.15) is 11.5 Å². The van der Waals surface area contributed by atoms with Crippen LogP contribution in [0.3, 0.4) is 0 Å². The van der Waals surface area contributed by atoms with Gasteiger partial charge in [-0.2, -0.15) is 8.78 Å². The Morgan fingerprint density at radius 3 is 2.88 bits per heavy atom. The smallest absolute Gasteiger partial charge is 0.387 e. The third-order valence-corrected chi connectivity index (χ3v) is 4.32. The molecule has 1 saturated heterocycles. The van der Waals surface area contributed by atoms with Crippen molar-refractivity contribution in [1.29, 1.82) is 0 Å². The Morgan fingerprint density at radius 2 is 2.25 bits per heavy atom. The standard InChI is InChI=1S/C17H24F2N2O3/c1-11(12-4-3-7-20-10-12)8-16(22)21-14-9-13(23-2)5-6-15(14)24-17(18)19/h5-6,9,11-12,17,20H,3-4,7-8,10H2,1-2H3,(H,21,22)/t11-,12+/m1/s1. The van der Waals surface area contributed by atoms with Crippen LogP contribution in [0.2, 0.25) is 0 Å². The minimum absolute atomic E-state index is 0.0777. The van der Waals surface area contributed by atoms with Gasteiger partial charge in [0.15, 0.2) is 0 Å². The van der Waals surface area contributed by atoms with E-state index in [4.69, 9.17) is 4.74 Å². The summed E-state index contributed by atoms with van der Waals surface area (Å²) in [5.41, 5.74) is 0.189. The van der Waals surface area contributed by atoms with Gasteiger partial charge in [0, 0.05) is 12.5 Å². The molecule has 0 bridgehead atoms. The molecule has 0 saturated carbocycles. The predicted octanol–water partition coefficient (Wildman–Crippen LogP) is 3.26. The third-order valence-electron chi connectivity index (χ3n) is 4.32. The average molecular weight is 342 g/mol. The normalized spacial score (nSPS) is 19.0. The Balaban J connectivity index is 2.01. The van der Waals surface area contributed by atoms with Crippen LogP contribution in [0.5, 0.6) is 11.5 Å². The van der Waals surface area contributed by atoms with Crippen LogP contribution < -0.4 is 20.1 Å². The van der Waals surface area contributed by atoms with Gasteiger partial charge < -0.3 is 20.1 Å². The Bertz CT molecular complexity index is 549. The summed E-state index contributed by atoms with van der Waals surface area (Å²) in [6.07, 6.45) is 2.54. The van der Waals surface area contributed by atoms with Gasteiger partial charge in [-0.3, -0.25) is 4.79 Å². The maximum absolute atomic E-state index is 12.5. The second kappa shape index (κ2) is 8.82. The van der Waals surface area contributed by atoms with Crippen molar-refractivity contribution in [3.8, 4) is 11.5 Å². The number of methoxy groups -OCH3 is 1. The lowest BCUT2D eigenvalue weighted by atomic mass is 9.85. The first-order valence-electron chi connectivity index (χ1n) is 8.13. The highest BCUT2D eigenvalue weighted by atomic mass is 19.3. The lowest BCUT2D eigenvalue weighted by Crippen LogP contribution is -2.34. The number of benzene rings is 1. The molecule has 0 radical (unpaired) electrons. The number of carbonyl (C=O) groups excluding carboxylic acids is 1. The molecule has 1 heterocycles. The van der Waals surface area contributed by atoms with E-state index in [1.807, 2.05) is 6.92 Å². The van der Waals surface area contributed by atoms with E-state index in [0.717, 1.165) is 25.9 Å². The summed E-state index contributed by atoms with van der Waals surface area (Å²) in [7, 11) is 1.47. The number of alkyl halides is 2. The summed E-state index contributed by atoms with van der Waals surface area (Å²) in [6, 6.07) is 4.33. The van der Waals surface area contributed by atoms with Crippen molar-refractivity contribution >= 4 is 11.6 Å². The lowest BCUT2D eigenvalue weighted by Gasteiger charge is -2.28. The number of amides is 1. The molecule has 0 spiro atoms. The van der Waals surface area contributed by atoms with Gasteiger partial charge in [0.2, 0.25) is 5.91 Å². The summed E-state index contributed by atoms with van der Waals surface area (Å²) in [5.74, 6) is 0.817. The number of halogens is 2. The second-order valence-corrected chi connectivity index (χ2v) is 6.08. The molecular weight excluding hydrogens is 318 g/mol. The molecule has 2 atom stereocenters. The van der Waals surface area contributed by atoms with E-state index in [0.29, 0.717) is 18.1 Å². The van der Waals surface area contributed by atoms with Crippen LogP contribution in [0.25, 0.3) is 0 Å². The Kier molecular flexibility index (Phi) is 6.78. The van der Waals surface area contributed by atoms with Crippen molar-refractivity contribution in [1.82, 2.24) is 5.32 Å². The van der Waals surface area contributed by atoms with E-state index in [-0.39, 0.29) is 23.3 Å². The number of hydrogen-bond acceptors (Lipinski definition) is 4. The molecule has 0 aliphatic carbocycles. The molecule has 0 aromatic heterocycles. The van der Waals surface area contributed by atoms with Crippen LogP contribution in [0.15, 0.2) is 18.2 Å². The molecule has 1 aliphatic heterocycles. The van der Waals surface area contributed by atoms with Gasteiger partial charge in [-0.15, -0.1) is 0 Å². The van der Waals surface area contributed by atoms with Gasteiger partial charge in [-0.1, -0.05) is 6.92 Å². The number of rotatable bonds is 7. The molecule has 1 aliphatic rings. The van der Waals surface area contributed by atoms with E-state index >= 15 is 0 Å². The SMILES string of the molecule is COc1ccc(OC(F)F)c(NC(=O)C[C@@H](C)[C@H]2CCCNC2)c1. The van der Waals surface area contributed by atoms with E-state index < -0.39 is 6.61 Å². The van der Waals surface area contributed by atoms with Gasteiger partial charge in [-0.25, -0.2) is 0 Å². The molecule has 24 heavy (non-hydrogen) atoms. The van der Waals surface area contributed by atoms with Crippen LogP contribution >= 0.6 is 0 Å². The number of carbonyl (C=O) groups is 1. The fourth-order valence-corrected chi connectivity index (χ4v) is 2.96. The first kappa shape index (κ1) is 18.4. The predicted molar refractivity (Wildman–Crippen MR) is 87.6 cm³/mol. The van der Waals surface area contributed by atoms with Gasteiger partial charge in [0.05, 0.1) is 12.8 Å². The monoisotopic (exact) mass is 342 g/mol. The van der Waals surface area contributed by atoms with Crippen molar-refractivity contribution in [2.75, 3.05) is 25.5 Å². The first-order chi connectivity index (χ1) is 11.5. The average Bonchev–Trinajstić information content (AvgIpc) is 2.56. The highest BCUT2D eigenvalue weighted by molar-refractivity contribution is 5.92. The quantitative estimate of drug-likeness (QED) is 0.798. The summed E-state index contributed by atoms with van der Waals surface area (Å²) in [6.45, 7) is 1.02. The number of piperidine rings is 1. The zero-order valence-electron chi connectivity index (χ0n) is 14.0. The van der Waals surface area contributed by atoms with E-state index in [1.54, 1.807) is 0 Å². The zero-order valence-corrected chi connectivity index (χ0v) is 14.0. The molecule has 1 aromatic rings. The molecule has 134 valence electrons. The van der Waals surface area contributed by atoms with Crippen LogP contribution in [-0.4, -0.2) is 32.7 Å². The highest BCUT2D eigenvalue weighted by Gasteiger charge is 2.22. The van der Waals surface area contributed by atoms with Gasteiger partial charge in [0.25, 0.3) is 0 Å². The Labute approximate surface area is 140 Å². The molecule has 0 unspecified atom stereocenters. The topological polar surface area (TPSA) is 59.6 Å². The molecule has 2 N–H and O–H groups in total. The summed E-state index contributed by atoms with van der Waals surface area (Å²) in [5, 5.41) is 6.00. The molecule has 1 amide bonds. The first-order valence-corrected chi connectivity index (χ1v) is 8.13. The number of nitrogens with one attached hydrogen (secondary N) is 2. The highest BCUT2D eigenvalue weighted by Crippen LogP contribution is 2.31. The van der Waals surface area contributed by atoms with Crippen LogP contribution in [0.1, 0.15) is 26.2 Å². The third kappa shape index (κ3) is 5.33. The van der Waals surface area contributed by atoms with Crippen molar-refractivity contribution in [2.45, 2.75) is 32.8 Å².